The lowest BCUT2D eigenvalue weighted by molar-refractivity contribution is -0.383. The molecule has 0 spiro atoms. The number of ether oxygens (including phenoxy) is 1. The second kappa shape index (κ2) is 8.90. The Morgan fingerprint density at radius 2 is 1.93 bits per heavy atom. The number of methoxy groups -OCH3 is 1. The van der Waals surface area contributed by atoms with Gasteiger partial charge in [0.25, 0.3) is 5.69 Å². The minimum absolute atomic E-state index is 0.107. The van der Waals surface area contributed by atoms with Crippen LogP contribution in [0.5, 0.6) is 5.75 Å². The molecule has 1 aliphatic rings. The van der Waals surface area contributed by atoms with E-state index in [0.717, 1.165) is 24.5 Å². The molecule has 1 aliphatic heterocycles. The van der Waals surface area contributed by atoms with E-state index in [0.29, 0.717) is 18.1 Å². The molecule has 1 heterocycles. The fraction of sp³-hybridized carbons (Fsp3) is 0.316. The fourth-order valence-corrected chi connectivity index (χ4v) is 3.37. The van der Waals surface area contributed by atoms with Crippen molar-refractivity contribution in [2.75, 3.05) is 50.1 Å². The van der Waals surface area contributed by atoms with Gasteiger partial charge in [-0.25, -0.2) is 0 Å². The predicted molar refractivity (Wildman–Crippen MR) is 108 cm³/mol. The first kappa shape index (κ1) is 19.9. The maximum absolute atomic E-state index is 12.4. The molecule has 1 N–H and O–H groups in total. The van der Waals surface area contributed by atoms with Gasteiger partial charge in [0.05, 0.1) is 24.3 Å². The number of rotatable bonds is 6. The third kappa shape index (κ3) is 4.71. The Bertz CT molecular complexity index is 869. The van der Waals surface area contributed by atoms with Gasteiger partial charge < -0.3 is 15.0 Å². The Labute approximate surface area is 167 Å². The number of hydrogen-bond donors (Lipinski definition) is 1. The average molecular weight is 405 g/mol. The number of hydrogen-bond acceptors (Lipinski definition) is 6. The van der Waals surface area contributed by atoms with Gasteiger partial charge in [-0.3, -0.25) is 19.8 Å². The van der Waals surface area contributed by atoms with Crippen molar-refractivity contribution in [3.63, 3.8) is 0 Å². The fourth-order valence-electron chi connectivity index (χ4n) is 3.20. The quantitative estimate of drug-likeness (QED) is 0.588. The van der Waals surface area contributed by atoms with E-state index in [9.17, 15) is 14.9 Å². The number of amides is 1. The van der Waals surface area contributed by atoms with Crippen LogP contribution in [0.15, 0.2) is 42.5 Å². The van der Waals surface area contributed by atoms with Crippen LogP contribution >= 0.6 is 11.6 Å². The highest BCUT2D eigenvalue weighted by Crippen LogP contribution is 2.29. The van der Waals surface area contributed by atoms with Crippen LogP contribution in [0.25, 0.3) is 0 Å². The lowest BCUT2D eigenvalue weighted by Gasteiger charge is -2.36. The summed E-state index contributed by atoms with van der Waals surface area (Å²) in [6, 6.07) is 11.9. The molecule has 148 valence electrons. The van der Waals surface area contributed by atoms with E-state index < -0.39 is 4.92 Å². The number of halogens is 1. The lowest BCUT2D eigenvalue weighted by atomic mass is 10.2. The van der Waals surface area contributed by atoms with E-state index in [1.54, 1.807) is 7.11 Å². The Morgan fingerprint density at radius 3 is 2.61 bits per heavy atom. The van der Waals surface area contributed by atoms with Crippen molar-refractivity contribution >= 4 is 34.6 Å². The Hall–Kier alpha value is -2.84. The van der Waals surface area contributed by atoms with E-state index in [2.05, 4.69) is 10.2 Å². The molecule has 1 amide bonds. The molecular weight excluding hydrogens is 384 g/mol. The highest BCUT2D eigenvalue weighted by molar-refractivity contribution is 6.31. The van der Waals surface area contributed by atoms with Crippen molar-refractivity contribution in [2.45, 2.75) is 0 Å². The molecule has 0 aromatic heterocycles. The molecule has 0 bridgehead atoms. The number of nitro benzene ring substituents is 1. The van der Waals surface area contributed by atoms with Gasteiger partial charge in [-0.05, 0) is 24.3 Å². The summed E-state index contributed by atoms with van der Waals surface area (Å²) >= 11 is 5.90. The second-order valence-corrected chi connectivity index (χ2v) is 6.84. The van der Waals surface area contributed by atoms with Gasteiger partial charge in [-0.1, -0.05) is 23.7 Å². The van der Waals surface area contributed by atoms with Crippen molar-refractivity contribution in [3.05, 3.63) is 57.6 Å². The number of carbonyl (C=O) groups is 1. The highest BCUT2D eigenvalue weighted by Gasteiger charge is 2.22. The van der Waals surface area contributed by atoms with Crippen LogP contribution in [0.1, 0.15) is 0 Å². The summed E-state index contributed by atoms with van der Waals surface area (Å²) < 4.78 is 5.41. The Balaban J connectivity index is 1.57. The van der Waals surface area contributed by atoms with Gasteiger partial charge in [0.15, 0.2) is 0 Å². The van der Waals surface area contributed by atoms with Crippen LogP contribution in [0, 0.1) is 10.1 Å². The van der Waals surface area contributed by atoms with Gasteiger partial charge in [0.1, 0.15) is 11.4 Å². The van der Waals surface area contributed by atoms with Crippen molar-refractivity contribution in [1.29, 1.82) is 0 Å². The van der Waals surface area contributed by atoms with Crippen molar-refractivity contribution in [1.82, 2.24) is 4.90 Å². The first-order valence-corrected chi connectivity index (χ1v) is 9.20. The summed E-state index contributed by atoms with van der Waals surface area (Å²) in [7, 11) is 1.65. The van der Waals surface area contributed by atoms with Crippen LogP contribution in [0.4, 0.5) is 17.1 Å². The summed E-state index contributed by atoms with van der Waals surface area (Å²) in [6.45, 7) is 3.06. The Morgan fingerprint density at radius 1 is 1.21 bits per heavy atom. The van der Waals surface area contributed by atoms with E-state index >= 15 is 0 Å². The van der Waals surface area contributed by atoms with Crippen LogP contribution in [-0.2, 0) is 4.79 Å². The van der Waals surface area contributed by atoms with Gasteiger partial charge in [0.2, 0.25) is 5.91 Å². The molecule has 0 saturated carbocycles. The molecule has 2 aromatic carbocycles. The molecule has 0 radical (unpaired) electrons. The summed E-state index contributed by atoms with van der Waals surface area (Å²) in [4.78, 5) is 27.2. The molecule has 2 aromatic rings. The second-order valence-electron chi connectivity index (χ2n) is 6.40. The summed E-state index contributed by atoms with van der Waals surface area (Å²) in [5.41, 5.74) is 0.956. The molecule has 0 aliphatic carbocycles. The molecule has 0 unspecified atom stereocenters. The standard InChI is InChI=1S/C19H21ClN4O4/c1-28-18-5-3-2-4-17(18)23-10-8-22(9-11-23)13-19(25)21-15-12-14(20)6-7-16(15)24(26)27/h2-7,12H,8-11,13H2,1H3,(H,21,25). The third-order valence-electron chi connectivity index (χ3n) is 4.59. The zero-order valence-corrected chi connectivity index (χ0v) is 16.2. The van der Waals surface area contributed by atoms with Gasteiger partial charge in [-0.15, -0.1) is 0 Å². The van der Waals surface area contributed by atoms with Crippen molar-refractivity contribution in [3.8, 4) is 5.75 Å². The summed E-state index contributed by atoms with van der Waals surface area (Å²) in [5, 5.41) is 14.0. The number of para-hydroxylation sites is 2. The minimum atomic E-state index is -0.544. The van der Waals surface area contributed by atoms with E-state index in [1.807, 2.05) is 29.2 Å². The normalized spacial score (nSPS) is 14.6. The van der Waals surface area contributed by atoms with Crippen molar-refractivity contribution in [2.24, 2.45) is 0 Å². The maximum atomic E-state index is 12.4. The average Bonchev–Trinajstić information content (AvgIpc) is 2.68. The molecule has 8 nitrogen and oxygen atoms in total. The van der Waals surface area contributed by atoms with Gasteiger partial charge in [0, 0.05) is 37.3 Å². The number of benzene rings is 2. The van der Waals surface area contributed by atoms with Crippen LogP contribution in [0.2, 0.25) is 5.02 Å². The van der Waals surface area contributed by atoms with Crippen LogP contribution in [0.3, 0.4) is 0 Å². The smallest absolute Gasteiger partial charge is 0.292 e. The SMILES string of the molecule is COc1ccccc1N1CCN(CC(=O)Nc2cc(Cl)ccc2[N+](=O)[O-])CC1. The van der Waals surface area contributed by atoms with Crippen LogP contribution < -0.4 is 15.0 Å². The number of nitrogens with one attached hydrogen (secondary N) is 1. The zero-order chi connectivity index (χ0) is 20.1. The molecule has 1 fully saturated rings. The largest absolute Gasteiger partial charge is 0.495 e. The number of piperazine rings is 1. The molecule has 1 saturated heterocycles. The lowest BCUT2D eigenvalue weighted by Crippen LogP contribution is -2.48. The highest BCUT2D eigenvalue weighted by atomic mass is 35.5. The summed E-state index contributed by atoms with van der Waals surface area (Å²) in [5.74, 6) is 0.512. The Kier molecular flexibility index (Phi) is 6.33. The van der Waals surface area contributed by atoms with Gasteiger partial charge >= 0.3 is 0 Å². The number of anilines is 2. The summed E-state index contributed by atoms with van der Waals surface area (Å²) in [6.07, 6.45) is 0. The monoisotopic (exact) mass is 404 g/mol. The molecular formula is C19H21ClN4O4. The number of nitrogens with zero attached hydrogens (tertiary/aromatic N) is 3. The predicted octanol–water partition coefficient (Wildman–Crippen LogP) is 3.02. The molecule has 28 heavy (non-hydrogen) atoms. The minimum Gasteiger partial charge on any atom is -0.495 e. The van der Waals surface area contributed by atoms with Gasteiger partial charge in [-0.2, -0.15) is 0 Å². The zero-order valence-electron chi connectivity index (χ0n) is 15.4. The molecule has 0 atom stereocenters. The maximum Gasteiger partial charge on any atom is 0.292 e. The molecule has 3 rings (SSSR count). The molecule has 9 heteroatoms. The van der Waals surface area contributed by atoms with E-state index in [-0.39, 0.29) is 23.8 Å². The van der Waals surface area contributed by atoms with E-state index in [1.165, 1.54) is 18.2 Å². The number of carbonyl (C=O) groups excluding carboxylic acids is 1. The number of nitro groups is 1. The van der Waals surface area contributed by atoms with E-state index in [4.69, 9.17) is 16.3 Å². The van der Waals surface area contributed by atoms with Crippen molar-refractivity contribution < 1.29 is 14.5 Å². The topological polar surface area (TPSA) is 88.0 Å². The first-order valence-electron chi connectivity index (χ1n) is 8.82. The third-order valence-corrected chi connectivity index (χ3v) is 4.83. The first-order chi connectivity index (χ1) is 13.5. The van der Waals surface area contributed by atoms with Crippen LogP contribution in [-0.4, -0.2) is 55.6 Å².